The average Bonchev–Trinajstić information content (AvgIpc) is 2.24. The molecule has 1 atom stereocenters. The number of hydrogen-bond acceptors (Lipinski definition) is 2. The van der Waals surface area contributed by atoms with Crippen molar-refractivity contribution >= 4 is 17.2 Å². The fourth-order valence-electron chi connectivity index (χ4n) is 2.42. The maximum absolute atomic E-state index is 5.68. The van der Waals surface area contributed by atoms with E-state index in [1.807, 2.05) is 0 Å². The first kappa shape index (κ1) is 15.0. The van der Waals surface area contributed by atoms with Gasteiger partial charge in [-0.25, -0.2) is 0 Å². The lowest BCUT2D eigenvalue weighted by Gasteiger charge is -2.18. The highest BCUT2D eigenvalue weighted by molar-refractivity contribution is 7.80. The minimum absolute atomic E-state index is 0.364. The van der Waals surface area contributed by atoms with Gasteiger partial charge in [-0.15, -0.1) is 0 Å². The normalized spacial score (nSPS) is 12.2. The Morgan fingerprint density at radius 3 is 2.33 bits per heavy atom. The average molecular weight is 265 g/mol. The Morgan fingerprint density at radius 1 is 1.33 bits per heavy atom. The van der Waals surface area contributed by atoms with E-state index in [2.05, 4.69) is 39.8 Å². The summed E-state index contributed by atoms with van der Waals surface area (Å²) in [5, 5.41) is 0. The molecule has 0 bridgehead atoms. The maximum Gasteiger partial charge on any atom is 0.119 e. The summed E-state index contributed by atoms with van der Waals surface area (Å²) >= 11 is 4.99. The second kappa shape index (κ2) is 6.74. The summed E-state index contributed by atoms with van der Waals surface area (Å²) in [5.41, 5.74) is 9.48. The van der Waals surface area contributed by atoms with E-state index in [1.54, 1.807) is 0 Å². The first-order chi connectivity index (χ1) is 8.45. The van der Waals surface area contributed by atoms with E-state index in [9.17, 15) is 0 Å². The number of nitrogens with two attached hydrogens (primary N) is 1. The van der Waals surface area contributed by atoms with Crippen LogP contribution in [-0.2, 0) is 0 Å². The van der Waals surface area contributed by atoms with Gasteiger partial charge >= 0.3 is 0 Å². The first-order valence-corrected chi connectivity index (χ1v) is 6.88. The van der Waals surface area contributed by atoms with Gasteiger partial charge in [0.05, 0.1) is 11.6 Å². The summed E-state index contributed by atoms with van der Waals surface area (Å²) in [6.45, 7) is 9.29. The fourth-order valence-corrected chi connectivity index (χ4v) is 2.67. The van der Waals surface area contributed by atoms with Gasteiger partial charge in [-0.2, -0.15) is 0 Å². The van der Waals surface area contributed by atoms with Crippen molar-refractivity contribution in [1.29, 1.82) is 0 Å². The van der Waals surface area contributed by atoms with Gasteiger partial charge < -0.3 is 10.5 Å². The van der Waals surface area contributed by atoms with E-state index in [-0.39, 0.29) is 0 Å². The molecule has 0 radical (unpaired) electrons. The van der Waals surface area contributed by atoms with Crippen LogP contribution >= 0.6 is 12.2 Å². The SMILES string of the molecule is CCCOc1cc(C)c(C(C)CC(N)=S)c(C)c1. The molecule has 100 valence electrons. The van der Waals surface area contributed by atoms with Crippen LogP contribution in [0.4, 0.5) is 0 Å². The molecule has 0 saturated heterocycles. The smallest absolute Gasteiger partial charge is 0.119 e. The number of benzene rings is 1. The minimum atomic E-state index is 0.364. The molecule has 0 amide bonds. The number of ether oxygens (including phenoxy) is 1. The van der Waals surface area contributed by atoms with Crippen molar-refractivity contribution in [3.63, 3.8) is 0 Å². The first-order valence-electron chi connectivity index (χ1n) is 6.48. The van der Waals surface area contributed by atoms with E-state index in [0.29, 0.717) is 10.9 Å². The zero-order valence-electron chi connectivity index (χ0n) is 11.7. The number of hydrogen-bond donors (Lipinski definition) is 1. The molecule has 1 aromatic rings. The molecule has 0 heterocycles. The van der Waals surface area contributed by atoms with E-state index in [0.717, 1.165) is 25.2 Å². The van der Waals surface area contributed by atoms with Crippen LogP contribution in [0.1, 0.15) is 49.3 Å². The molecule has 0 aromatic heterocycles. The summed E-state index contributed by atoms with van der Waals surface area (Å²) < 4.78 is 5.68. The standard InChI is InChI=1S/C15H23NOS/c1-5-6-17-13-7-10(2)15(11(3)8-13)12(4)9-14(16)18/h7-8,12H,5-6,9H2,1-4H3,(H2,16,18). The van der Waals surface area contributed by atoms with Gasteiger partial charge in [0, 0.05) is 6.42 Å². The number of thiocarbonyl (C=S) groups is 1. The molecule has 2 nitrogen and oxygen atoms in total. The largest absolute Gasteiger partial charge is 0.494 e. The Hall–Kier alpha value is -1.09. The van der Waals surface area contributed by atoms with E-state index < -0.39 is 0 Å². The lowest BCUT2D eigenvalue weighted by atomic mass is 9.89. The number of aryl methyl sites for hydroxylation is 2. The third kappa shape index (κ3) is 3.98. The van der Waals surface area contributed by atoms with Crippen molar-refractivity contribution in [2.45, 2.75) is 46.5 Å². The Kier molecular flexibility index (Phi) is 5.60. The molecule has 18 heavy (non-hydrogen) atoms. The Labute approximate surface area is 116 Å². The molecule has 2 N–H and O–H groups in total. The predicted octanol–water partition coefficient (Wildman–Crippen LogP) is 3.87. The van der Waals surface area contributed by atoms with Gasteiger partial charge in [-0.05, 0) is 55.0 Å². The van der Waals surface area contributed by atoms with Gasteiger partial charge in [0.25, 0.3) is 0 Å². The van der Waals surface area contributed by atoms with Crippen molar-refractivity contribution in [2.75, 3.05) is 6.61 Å². The molecule has 0 aliphatic rings. The van der Waals surface area contributed by atoms with Gasteiger partial charge in [0.1, 0.15) is 5.75 Å². The van der Waals surface area contributed by atoms with Crippen molar-refractivity contribution in [1.82, 2.24) is 0 Å². The van der Waals surface area contributed by atoms with Crippen LogP contribution in [0.5, 0.6) is 5.75 Å². The van der Waals surface area contributed by atoms with Crippen LogP contribution in [0.15, 0.2) is 12.1 Å². The van der Waals surface area contributed by atoms with Gasteiger partial charge in [0.2, 0.25) is 0 Å². The summed E-state index contributed by atoms with van der Waals surface area (Å²) in [5.74, 6) is 1.32. The number of rotatable bonds is 6. The minimum Gasteiger partial charge on any atom is -0.494 e. The van der Waals surface area contributed by atoms with Crippen LogP contribution < -0.4 is 10.5 Å². The predicted molar refractivity (Wildman–Crippen MR) is 81.5 cm³/mol. The Bertz CT molecular complexity index is 405. The monoisotopic (exact) mass is 265 g/mol. The maximum atomic E-state index is 5.68. The topological polar surface area (TPSA) is 35.2 Å². The molecular weight excluding hydrogens is 242 g/mol. The highest BCUT2D eigenvalue weighted by atomic mass is 32.1. The molecule has 0 saturated carbocycles. The highest BCUT2D eigenvalue weighted by Gasteiger charge is 2.13. The summed E-state index contributed by atoms with van der Waals surface area (Å²) in [7, 11) is 0. The third-order valence-electron chi connectivity index (χ3n) is 3.04. The molecule has 1 rings (SSSR count). The third-order valence-corrected chi connectivity index (χ3v) is 3.21. The van der Waals surface area contributed by atoms with Crippen molar-refractivity contribution in [2.24, 2.45) is 5.73 Å². The van der Waals surface area contributed by atoms with Crippen LogP contribution in [-0.4, -0.2) is 11.6 Å². The van der Waals surface area contributed by atoms with Gasteiger partial charge in [-0.1, -0.05) is 26.1 Å². The molecule has 0 aliphatic carbocycles. The highest BCUT2D eigenvalue weighted by Crippen LogP contribution is 2.30. The van der Waals surface area contributed by atoms with Crippen LogP contribution in [0.25, 0.3) is 0 Å². The van der Waals surface area contributed by atoms with Gasteiger partial charge in [-0.3, -0.25) is 0 Å². The summed E-state index contributed by atoms with van der Waals surface area (Å²) in [6.07, 6.45) is 1.78. The van der Waals surface area contributed by atoms with Crippen molar-refractivity contribution in [3.8, 4) is 5.75 Å². The van der Waals surface area contributed by atoms with E-state index in [4.69, 9.17) is 22.7 Å². The van der Waals surface area contributed by atoms with Crippen LogP contribution in [0, 0.1) is 13.8 Å². The molecule has 0 aliphatic heterocycles. The second-order valence-corrected chi connectivity index (χ2v) is 5.42. The van der Waals surface area contributed by atoms with E-state index >= 15 is 0 Å². The van der Waals surface area contributed by atoms with E-state index in [1.165, 1.54) is 16.7 Å². The molecular formula is C15H23NOS. The molecule has 0 fully saturated rings. The van der Waals surface area contributed by atoms with Crippen molar-refractivity contribution in [3.05, 3.63) is 28.8 Å². The van der Waals surface area contributed by atoms with Crippen LogP contribution in [0.2, 0.25) is 0 Å². The quantitative estimate of drug-likeness (QED) is 0.793. The van der Waals surface area contributed by atoms with Gasteiger partial charge in [0.15, 0.2) is 0 Å². The zero-order chi connectivity index (χ0) is 13.7. The Morgan fingerprint density at radius 2 is 1.89 bits per heavy atom. The molecule has 3 heteroatoms. The fraction of sp³-hybridized carbons (Fsp3) is 0.533. The zero-order valence-corrected chi connectivity index (χ0v) is 12.6. The summed E-state index contributed by atoms with van der Waals surface area (Å²) in [4.78, 5) is 0.576. The lowest BCUT2D eigenvalue weighted by molar-refractivity contribution is 0.317. The van der Waals surface area contributed by atoms with Crippen LogP contribution in [0.3, 0.4) is 0 Å². The van der Waals surface area contributed by atoms with Crippen molar-refractivity contribution < 1.29 is 4.74 Å². The second-order valence-electron chi connectivity index (χ2n) is 4.89. The molecule has 0 spiro atoms. The lowest BCUT2D eigenvalue weighted by Crippen LogP contribution is -2.13. The summed E-state index contributed by atoms with van der Waals surface area (Å²) in [6, 6.07) is 4.21. The Balaban J connectivity index is 2.96. The molecule has 1 unspecified atom stereocenters. The molecule has 1 aromatic carbocycles.